The average molecular weight is 248 g/mol. The first-order valence-corrected chi connectivity index (χ1v) is 7.14. The Morgan fingerprint density at radius 1 is 1.21 bits per heavy atom. The van der Waals surface area contributed by atoms with Crippen LogP contribution < -0.4 is 0 Å². The molecular formula is C19H20. The quantitative estimate of drug-likeness (QED) is 0.656. The topological polar surface area (TPSA) is 0 Å². The molecule has 2 aliphatic rings. The minimum Gasteiger partial charge on any atom is -0.0842 e. The minimum absolute atomic E-state index is 0.545. The predicted molar refractivity (Wildman–Crippen MR) is 83.0 cm³/mol. The number of rotatable bonds is 2. The molecule has 1 unspecified atom stereocenters. The average Bonchev–Trinajstić information content (AvgIpc) is 2.49. The van der Waals surface area contributed by atoms with Crippen LogP contribution in [-0.2, 0) is 0 Å². The summed E-state index contributed by atoms with van der Waals surface area (Å²) in [4.78, 5) is 0. The molecule has 0 heteroatoms. The normalized spacial score (nSPS) is 22.1. The summed E-state index contributed by atoms with van der Waals surface area (Å²) in [5.74, 6) is 0.545. The Morgan fingerprint density at radius 3 is 2.89 bits per heavy atom. The largest absolute Gasteiger partial charge is 0.0842 e. The van der Waals surface area contributed by atoms with Gasteiger partial charge in [-0.15, -0.1) is 0 Å². The van der Waals surface area contributed by atoms with Gasteiger partial charge in [0.15, 0.2) is 0 Å². The molecule has 1 aromatic carbocycles. The third-order valence-corrected chi connectivity index (χ3v) is 3.98. The highest BCUT2D eigenvalue weighted by Gasteiger charge is 2.11. The molecule has 3 rings (SSSR count). The zero-order chi connectivity index (χ0) is 13.1. The number of benzene rings is 1. The molecule has 0 spiro atoms. The van der Waals surface area contributed by atoms with Gasteiger partial charge in [-0.25, -0.2) is 0 Å². The van der Waals surface area contributed by atoms with Crippen molar-refractivity contribution in [2.75, 3.05) is 0 Å². The highest BCUT2D eigenvalue weighted by molar-refractivity contribution is 5.68. The van der Waals surface area contributed by atoms with Crippen LogP contribution in [0.15, 0.2) is 66.3 Å². The van der Waals surface area contributed by atoms with Gasteiger partial charge in [0, 0.05) is 5.92 Å². The van der Waals surface area contributed by atoms with E-state index in [9.17, 15) is 0 Å². The van der Waals surface area contributed by atoms with E-state index in [1.165, 1.54) is 35.1 Å². The summed E-state index contributed by atoms with van der Waals surface area (Å²) >= 11 is 0. The first-order valence-electron chi connectivity index (χ1n) is 7.14. The lowest BCUT2D eigenvalue weighted by atomic mass is 9.88. The molecule has 0 fully saturated rings. The van der Waals surface area contributed by atoms with E-state index in [0.29, 0.717) is 5.92 Å². The summed E-state index contributed by atoms with van der Waals surface area (Å²) in [5, 5.41) is 0. The molecule has 2 aliphatic carbocycles. The predicted octanol–water partition coefficient (Wildman–Crippen LogP) is 5.41. The second-order valence-corrected chi connectivity index (χ2v) is 5.43. The van der Waals surface area contributed by atoms with Gasteiger partial charge < -0.3 is 0 Å². The fourth-order valence-corrected chi connectivity index (χ4v) is 2.79. The molecule has 1 aromatic rings. The van der Waals surface area contributed by atoms with Crippen molar-refractivity contribution in [3.63, 3.8) is 0 Å². The molecule has 96 valence electrons. The van der Waals surface area contributed by atoms with Gasteiger partial charge in [-0.3, -0.25) is 0 Å². The summed E-state index contributed by atoms with van der Waals surface area (Å²) in [7, 11) is 0. The maximum Gasteiger partial charge on any atom is 0.00561 e. The molecule has 0 N–H and O–H groups in total. The van der Waals surface area contributed by atoms with Gasteiger partial charge in [-0.05, 0) is 42.9 Å². The zero-order valence-electron chi connectivity index (χ0n) is 11.5. The summed E-state index contributed by atoms with van der Waals surface area (Å²) in [6.45, 7) is 2.17. The van der Waals surface area contributed by atoms with Crippen LogP contribution in [0.1, 0.15) is 43.2 Å². The molecule has 1 atom stereocenters. The Hall–Kier alpha value is -1.82. The van der Waals surface area contributed by atoms with Gasteiger partial charge in [0.2, 0.25) is 0 Å². The number of hydrogen-bond donors (Lipinski definition) is 0. The van der Waals surface area contributed by atoms with Crippen LogP contribution in [0.4, 0.5) is 0 Å². The van der Waals surface area contributed by atoms with E-state index in [0.717, 1.165) is 6.42 Å². The van der Waals surface area contributed by atoms with Gasteiger partial charge in [0.25, 0.3) is 0 Å². The lowest BCUT2D eigenvalue weighted by Gasteiger charge is -2.17. The second kappa shape index (κ2) is 5.44. The maximum absolute atomic E-state index is 2.37. The van der Waals surface area contributed by atoms with Crippen molar-refractivity contribution in [1.29, 1.82) is 0 Å². The lowest BCUT2D eigenvalue weighted by molar-refractivity contribution is 0.844. The van der Waals surface area contributed by atoms with E-state index in [-0.39, 0.29) is 0 Å². The molecule has 0 amide bonds. The second-order valence-electron chi connectivity index (χ2n) is 5.43. The van der Waals surface area contributed by atoms with E-state index in [1.54, 1.807) is 0 Å². The van der Waals surface area contributed by atoms with Crippen LogP contribution in [0, 0.1) is 0 Å². The van der Waals surface area contributed by atoms with Gasteiger partial charge >= 0.3 is 0 Å². The van der Waals surface area contributed by atoms with Crippen molar-refractivity contribution in [3.8, 4) is 0 Å². The van der Waals surface area contributed by atoms with E-state index >= 15 is 0 Å². The van der Waals surface area contributed by atoms with Crippen molar-refractivity contribution in [1.82, 2.24) is 0 Å². The minimum atomic E-state index is 0.545. The Kier molecular flexibility index (Phi) is 3.50. The Bertz CT molecular complexity index is 582. The SMILES string of the molecule is CC1=CCC(c2cccc(C3=CC=CCC3)c2)C=C1. The molecular weight excluding hydrogens is 228 g/mol. The van der Waals surface area contributed by atoms with Crippen LogP contribution in [0.25, 0.3) is 5.57 Å². The molecule has 0 aliphatic heterocycles. The number of allylic oxidation sites excluding steroid dienone is 8. The van der Waals surface area contributed by atoms with Gasteiger partial charge in [-0.2, -0.15) is 0 Å². The van der Waals surface area contributed by atoms with Gasteiger partial charge in [0.1, 0.15) is 0 Å². The molecule has 0 nitrogen and oxygen atoms in total. The van der Waals surface area contributed by atoms with E-state index in [2.05, 4.69) is 67.6 Å². The monoisotopic (exact) mass is 248 g/mol. The first kappa shape index (κ1) is 12.2. The fraction of sp³-hybridized carbons (Fsp3) is 0.263. The van der Waals surface area contributed by atoms with Crippen LogP contribution in [0.2, 0.25) is 0 Å². The molecule has 0 aromatic heterocycles. The summed E-state index contributed by atoms with van der Waals surface area (Å²) in [6.07, 6.45) is 17.0. The highest BCUT2D eigenvalue weighted by Crippen LogP contribution is 2.30. The third kappa shape index (κ3) is 2.78. The van der Waals surface area contributed by atoms with Crippen molar-refractivity contribution in [2.45, 2.75) is 32.1 Å². The molecule has 0 heterocycles. The van der Waals surface area contributed by atoms with Crippen LogP contribution in [0.5, 0.6) is 0 Å². The maximum atomic E-state index is 2.37. The van der Waals surface area contributed by atoms with Crippen molar-refractivity contribution in [3.05, 3.63) is 77.4 Å². The lowest BCUT2D eigenvalue weighted by Crippen LogP contribution is -1.99. The summed E-state index contributed by atoms with van der Waals surface area (Å²) < 4.78 is 0. The van der Waals surface area contributed by atoms with Crippen LogP contribution in [-0.4, -0.2) is 0 Å². The summed E-state index contributed by atoms with van der Waals surface area (Å²) in [6, 6.07) is 9.06. The molecule has 0 bridgehead atoms. The van der Waals surface area contributed by atoms with Crippen molar-refractivity contribution in [2.24, 2.45) is 0 Å². The van der Waals surface area contributed by atoms with Crippen LogP contribution >= 0.6 is 0 Å². The van der Waals surface area contributed by atoms with E-state index < -0.39 is 0 Å². The van der Waals surface area contributed by atoms with Gasteiger partial charge in [-0.1, -0.05) is 66.3 Å². The zero-order valence-corrected chi connectivity index (χ0v) is 11.5. The fourth-order valence-electron chi connectivity index (χ4n) is 2.79. The van der Waals surface area contributed by atoms with Crippen molar-refractivity contribution < 1.29 is 0 Å². The van der Waals surface area contributed by atoms with Gasteiger partial charge in [0.05, 0.1) is 0 Å². The smallest absolute Gasteiger partial charge is 0.00561 e. The molecule has 19 heavy (non-hydrogen) atoms. The first-order chi connectivity index (χ1) is 9.33. The summed E-state index contributed by atoms with van der Waals surface area (Å²) in [5.41, 5.74) is 5.68. The number of hydrogen-bond acceptors (Lipinski definition) is 0. The molecule has 0 radical (unpaired) electrons. The Morgan fingerprint density at radius 2 is 2.16 bits per heavy atom. The van der Waals surface area contributed by atoms with Crippen LogP contribution in [0.3, 0.4) is 0 Å². The standard InChI is InChI=1S/C19H20/c1-15-10-12-17(13-11-15)19-9-5-8-18(14-19)16-6-3-2-4-7-16/h2-3,5-6,8-12,14,17H,4,7,13H2,1H3. The third-order valence-electron chi connectivity index (χ3n) is 3.98. The van der Waals surface area contributed by atoms with Crippen molar-refractivity contribution >= 4 is 5.57 Å². The Balaban J connectivity index is 1.86. The Labute approximate surface area is 115 Å². The van der Waals surface area contributed by atoms with E-state index in [4.69, 9.17) is 0 Å². The molecule has 0 saturated carbocycles. The molecule has 0 saturated heterocycles. The van der Waals surface area contributed by atoms with E-state index in [1.807, 2.05) is 0 Å². The highest BCUT2D eigenvalue weighted by atomic mass is 14.2.